The molecule has 0 aliphatic rings. The van der Waals surface area contributed by atoms with Crippen molar-refractivity contribution < 1.29 is 9.53 Å². The molecule has 6 heteroatoms. The lowest BCUT2D eigenvalue weighted by Gasteiger charge is -2.32. The van der Waals surface area contributed by atoms with E-state index >= 15 is 0 Å². The molecule has 1 heterocycles. The number of aromatic amines is 1. The van der Waals surface area contributed by atoms with Crippen LogP contribution in [0.2, 0.25) is 0 Å². The fourth-order valence-electron chi connectivity index (χ4n) is 3.09. The van der Waals surface area contributed by atoms with Crippen molar-refractivity contribution >= 4 is 5.97 Å². The number of hydrogen-bond acceptors (Lipinski definition) is 4. The molecule has 0 fully saturated rings. The molecule has 0 aliphatic carbocycles. The van der Waals surface area contributed by atoms with E-state index in [1.54, 1.807) is 0 Å². The van der Waals surface area contributed by atoms with Crippen molar-refractivity contribution in [2.24, 2.45) is 17.3 Å². The summed E-state index contributed by atoms with van der Waals surface area (Å²) < 4.78 is 7.03. The van der Waals surface area contributed by atoms with Gasteiger partial charge in [-0.05, 0) is 44.4 Å². The third-order valence-electron chi connectivity index (χ3n) is 5.00. The van der Waals surface area contributed by atoms with Crippen LogP contribution in [0.5, 0.6) is 0 Å². The molecule has 6 nitrogen and oxygen atoms in total. The smallest absolute Gasteiger partial charge is 0.328 e. The van der Waals surface area contributed by atoms with Crippen molar-refractivity contribution in [2.45, 2.75) is 73.3 Å². The number of carbonyl (C=O) groups excluding carboxylic acids is 1. The third kappa shape index (κ3) is 6.81. The Balaban J connectivity index is 2.28. The van der Waals surface area contributed by atoms with Gasteiger partial charge in [0.2, 0.25) is 0 Å². The molecule has 0 amide bonds. The molecule has 0 saturated heterocycles. The molecule has 0 aliphatic heterocycles. The van der Waals surface area contributed by atoms with Gasteiger partial charge in [0.15, 0.2) is 0 Å². The van der Waals surface area contributed by atoms with Crippen molar-refractivity contribution in [3.05, 3.63) is 33.1 Å². The van der Waals surface area contributed by atoms with Crippen molar-refractivity contribution in [1.82, 2.24) is 9.55 Å². The van der Waals surface area contributed by atoms with Crippen LogP contribution in [0.15, 0.2) is 21.9 Å². The Hall–Kier alpha value is -1.85. The first-order valence-electron chi connectivity index (χ1n) is 9.64. The lowest BCUT2D eigenvalue weighted by Crippen LogP contribution is -2.36. The van der Waals surface area contributed by atoms with Crippen LogP contribution in [-0.4, -0.2) is 22.1 Å². The monoisotopic (exact) mass is 366 g/mol. The van der Waals surface area contributed by atoms with Crippen LogP contribution >= 0.6 is 0 Å². The summed E-state index contributed by atoms with van der Waals surface area (Å²) in [7, 11) is 0. The summed E-state index contributed by atoms with van der Waals surface area (Å²) in [6.07, 6.45) is 5.89. The normalized spacial score (nSPS) is 13.8. The van der Waals surface area contributed by atoms with E-state index in [9.17, 15) is 14.4 Å². The maximum atomic E-state index is 12.5. The van der Waals surface area contributed by atoms with Gasteiger partial charge in [-0.15, -0.1) is 0 Å². The summed E-state index contributed by atoms with van der Waals surface area (Å²) in [5.41, 5.74) is -1.18. The molecule has 148 valence electrons. The molecule has 0 radical (unpaired) electrons. The molecule has 0 aromatic carbocycles. The van der Waals surface area contributed by atoms with Gasteiger partial charge in [0.1, 0.15) is 0 Å². The quantitative estimate of drug-likeness (QED) is 0.481. The van der Waals surface area contributed by atoms with Crippen molar-refractivity contribution in [2.75, 3.05) is 6.61 Å². The highest BCUT2D eigenvalue weighted by Crippen LogP contribution is 2.35. The number of nitrogens with one attached hydrogen (secondary N) is 1. The van der Waals surface area contributed by atoms with Gasteiger partial charge < -0.3 is 9.30 Å². The van der Waals surface area contributed by atoms with Gasteiger partial charge >= 0.3 is 11.7 Å². The highest BCUT2D eigenvalue weighted by molar-refractivity contribution is 5.76. The molecule has 1 atom stereocenters. The second-order valence-electron chi connectivity index (χ2n) is 8.02. The van der Waals surface area contributed by atoms with E-state index in [1.807, 2.05) is 6.92 Å². The van der Waals surface area contributed by atoms with Gasteiger partial charge in [-0.1, -0.05) is 34.1 Å². The summed E-state index contributed by atoms with van der Waals surface area (Å²) in [6, 6.07) is 1.35. The first-order valence-corrected chi connectivity index (χ1v) is 9.64. The average Bonchev–Trinajstić information content (AvgIpc) is 2.54. The Bertz CT molecular complexity index is 675. The Morgan fingerprint density at radius 1 is 1.15 bits per heavy atom. The summed E-state index contributed by atoms with van der Waals surface area (Å²) in [6.45, 7) is 11.4. The van der Waals surface area contributed by atoms with Crippen LogP contribution in [0.3, 0.4) is 0 Å². The molecular weight excluding hydrogens is 332 g/mol. The number of ether oxygens (including phenoxy) is 1. The van der Waals surface area contributed by atoms with E-state index in [4.69, 9.17) is 4.74 Å². The lowest BCUT2D eigenvalue weighted by molar-refractivity contribution is -0.159. The van der Waals surface area contributed by atoms with E-state index in [0.29, 0.717) is 19.1 Å². The van der Waals surface area contributed by atoms with E-state index in [2.05, 4.69) is 32.7 Å². The molecular formula is C20H34N2O4. The number of aryl methyl sites for hydroxylation is 1. The maximum Gasteiger partial charge on any atom is 0.328 e. The topological polar surface area (TPSA) is 81.2 Å². The number of H-pyrrole nitrogens is 1. The van der Waals surface area contributed by atoms with Gasteiger partial charge in [0, 0.05) is 18.8 Å². The molecule has 0 saturated carbocycles. The van der Waals surface area contributed by atoms with Crippen molar-refractivity contribution in [3.8, 4) is 0 Å². The van der Waals surface area contributed by atoms with Crippen LogP contribution < -0.4 is 11.2 Å². The summed E-state index contributed by atoms with van der Waals surface area (Å²) >= 11 is 0. The number of nitrogens with zero attached hydrogens (tertiary/aromatic N) is 1. The van der Waals surface area contributed by atoms with Crippen LogP contribution in [-0.2, 0) is 16.1 Å². The van der Waals surface area contributed by atoms with E-state index in [-0.39, 0.29) is 23.1 Å². The molecule has 0 spiro atoms. The van der Waals surface area contributed by atoms with Crippen LogP contribution in [0, 0.1) is 17.3 Å². The maximum absolute atomic E-state index is 12.5. The molecule has 26 heavy (non-hydrogen) atoms. The minimum atomic E-state index is -0.431. The molecule has 1 unspecified atom stereocenters. The number of hydrogen-bond donors (Lipinski definition) is 1. The van der Waals surface area contributed by atoms with Crippen LogP contribution in [0.4, 0.5) is 0 Å². The SMILES string of the molecule is CC(C)CC(C)(C(=O)OCCCCCCn1ccc(=O)[nH]c1=O)C(C)C. The highest BCUT2D eigenvalue weighted by Gasteiger charge is 2.38. The van der Waals surface area contributed by atoms with Crippen molar-refractivity contribution in [1.29, 1.82) is 0 Å². The Morgan fingerprint density at radius 3 is 2.38 bits per heavy atom. The zero-order valence-corrected chi connectivity index (χ0v) is 16.8. The summed E-state index contributed by atoms with van der Waals surface area (Å²) in [5.74, 6) is 0.597. The first kappa shape index (κ1) is 22.2. The van der Waals surface area contributed by atoms with Gasteiger partial charge in [-0.3, -0.25) is 14.6 Å². The third-order valence-corrected chi connectivity index (χ3v) is 5.00. The van der Waals surface area contributed by atoms with E-state index in [0.717, 1.165) is 32.1 Å². The average molecular weight is 367 g/mol. The standard InChI is InChI=1S/C20H34N2O4/c1-15(2)14-20(5,16(3)4)18(24)26-13-9-7-6-8-11-22-12-10-17(23)21-19(22)25/h10,12,15-16H,6-9,11,13-14H2,1-5H3,(H,21,23,25). The number of aromatic nitrogens is 2. The number of carbonyl (C=O) groups is 1. The fourth-order valence-corrected chi connectivity index (χ4v) is 3.09. The molecule has 1 aromatic rings. The molecule has 1 aromatic heterocycles. The minimum absolute atomic E-state index is 0.0963. The molecule has 1 rings (SSSR count). The highest BCUT2D eigenvalue weighted by atomic mass is 16.5. The van der Waals surface area contributed by atoms with Gasteiger partial charge in [0.05, 0.1) is 12.0 Å². The van der Waals surface area contributed by atoms with Gasteiger partial charge in [-0.2, -0.15) is 0 Å². The first-order chi connectivity index (χ1) is 12.2. The number of rotatable bonds is 11. The lowest BCUT2D eigenvalue weighted by atomic mass is 9.73. The van der Waals surface area contributed by atoms with Crippen LogP contribution in [0.25, 0.3) is 0 Å². The van der Waals surface area contributed by atoms with Gasteiger partial charge in [0.25, 0.3) is 5.56 Å². The Morgan fingerprint density at radius 2 is 1.81 bits per heavy atom. The number of unbranched alkanes of at least 4 members (excludes halogenated alkanes) is 3. The van der Waals surface area contributed by atoms with Gasteiger partial charge in [-0.25, -0.2) is 4.79 Å². The number of esters is 1. The summed E-state index contributed by atoms with van der Waals surface area (Å²) in [4.78, 5) is 37.3. The molecule has 1 N–H and O–H groups in total. The largest absolute Gasteiger partial charge is 0.465 e. The van der Waals surface area contributed by atoms with E-state index < -0.39 is 5.41 Å². The minimum Gasteiger partial charge on any atom is -0.465 e. The zero-order valence-electron chi connectivity index (χ0n) is 16.8. The second kappa shape index (κ2) is 10.3. The Labute approximate surface area is 156 Å². The Kier molecular flexibility index (Phi) is 8.82. The fraction of sp³-hybridized carbons (Fsp3) is 0.750. The predicted octanol–water partition coefficient (Wildman–Crippen LogP) is 3.35. The molecule has 0 bridgehead atoms. The second-order valence-corrected chi connectivity index (χ2v) is 8.02. The van der Waals surface area contributed by atoms with E-state index in [1.165, 1.54) is 16.8 Å². The zero-order chi connectivity index (χ0) is 19.7. The van der Waals surface area contributed by atoms with Crippen molar-refractivity contribution in [3.63, 3.8) is 0 Å². The predicted molar refractivity (Wildman–Crippen MR) is 103 cm³/mol. The summed E-state index contributed by atoms with van der Waals surface area (Å²) in [5, 5.41) is 0. The van der Waals surface area contributed by atoms with Crippen LogP contribution in [0.1, 0.15) is 66.7 Å².